The largest absolute Gasteiger partial charge is 0.356 e. The summed E-state index contributed by atoms with van der Waals surface area (Å²) in [5, 5.41) is 6.54. The lowest BCUT2D eigenvalue weighted by atomic mass is 10.1. The number of hydrogen-bond acceptors (Lipinski definition) is 2. The SMILES string of the molecule is CN=C(NCCSc1ccc(F)cc1)NC(C)(C)C.I. The molecule has 0 saturated carbocycles. The fourth-order valence-electron chi connectivity index (χ4n) is 1.40. The number of aliphatic imine (C=N–C) groups is 1. The molecule has 0 bridgehead atoms. The molecule has 0 aliphatic carbocycles. The molecule has 20 heavy (non-hydrogen) atoms. The van der Waals surface area contributed by atoms with Gasteiger partial charge in [-0.3, -0.25) is 4.99 Å². The second kappa shape index (κ2) is 9.44. The van der Waals surface area contributed by atoms with E-state index in [0.717, 1.165) is 23.2 Å². The first-order chi connectivity index (χ1) is 8.90. The highest BCUT2D eigenvalue weighted by atomic mass is 127. The number of guanidine groups is 1. The van der Waals surface area contributed by atoms with Gasteiger partial charge >= 0.3 is 0 Å². The highest BCUT2D eigenvalue weighted by Gasteiger charge is 2.11. The average Bonchev–Trinajstić information content (AvgIpc) is 2.34. The van der Waals surface area contributed by atoms with Crippen LogP contribution in [0.15, 0.2) is 34.2 Å². The van der Waals surface area contributed by atoms with Crippen LogP contribution in [0, 0.1) is 5.82 Å². The highest BCUT2D eigenvalue weighted by Crippen LogP contribution is 2.17. The first-order valence-corrected chi connectivity index (χ1v) is 7.26. The van der Waals surface area contributed by atoms with E-state index in [1.165, 1.54) is 12.1 Å². The van der Waals surface area contributed by atoms with Gasteiger partial charge in [0, 0.05) is 29.8 Å². The lowest BCUT2D eigenvalue weighted by molar-refractivity contribution is 0.502. The third kappa shape index (κ3) is 8.63. The molecule has 1 rings (SSSR count). The Morgan fingerprint density at radius 2 is 1.85 bits per heavy atom. The van der Waals surface area contributed by atoms with Crippen LogP contribution in [0.5, 0.6) is 0 Å². The first-order valence-electron chi connectivity index (χ1n) is 6.28. The van der Waals surface area contributed by atoms with Crippen LogP contribution in [0.4, 0.5) is 4.39 Å². The number of nitrogens with zero attached hydrogens (tertiary/aromatic N) is 1. The van der Waals surface area contributed by atoms with Gasteiger partial charge < -0.3 is 10.6 Å². The molecule has 1 aromatic rings. The number of hydrogen-bond donors (Lipinski definition) is 2. The van der Waals surface area contributed by atoms with Gasteiger partial charge in [0.25, 0.3) is 0 Å². The van der Waals surface area contributed by atoms with Crippen LogP contribution in [0.1, 0.15) is 20.8 Å². The molecule has 6 heteroatoms. The Labute approximate surface area is 142 Å². The number of rotatable bonds is 4. The minimum Gasteiger partial charge on any atom is -0.356 e. The van der Waals surface area contributed by atoms with E-state index in [4.69, 9.17) is 0 Å². The number of nitrogens with one attached hydrogen (secondary N) is 2. The van der Waals surface area contributed by atoms with E-state index in [2.05, 4.69) is 36.4 Å². The van der Waals surface area contributed by atoms with Gasteiger partial charge in [-0.25, -0.2) is 4.39 Å². The number of benzene rings is 1. The smallest absolute Gasteiger partial charge is 0.191 e. The fraction of sp³-hybridized carbons (Fsp3) is 0.500. The maximum absolute atomic E-state index is 12.7. The fourth-order valence-corrected chi connectivity index (χ4v) is 2.17. The topological polar surface area (TPSA) is 36.4 Å². The summed E-state index contributed by atoms with van der Waals surface area (Å²) < 4.78 is 12.7. The van der Waals surface area contributed by atoms with Crippen LogP contribution in [0.3, 0.4) is 0 Å². The normalized spacial score (nSPS) is 11.8. The Hall–Kier alpha value is -0.500. The van der Waals surface area contributed by atoms with Crippen molar-refractivity contribution in [1.29, 1.82) is 0 Å². The lowest BCUT2D eigenvalue weighted by Crippen LogP contribution is -2.48. The monoisotopic (exact) mass is 411 g/mol. The zero-order valence-corrected chi connectivity index (χ0v) is 15.5. The molecule has 0 heterocycles. The van der Waals surface area contributed by atoms with Gasteiger partial charge in [0.05, 0.1) is 0 Å². The van der Waals surface area contributed by atoms with Crippen LogP contribution >= 0.6 is 35.7 Å². The van der Waals surface area contributed by atoms with Crippen molar-refractivity contribution in [2.24, 2.45) is 4.99 Å². The van der Waals surface area contributed by atoms with Crippen molar-refractivity contribution in [3.05, 3.63) is 30.1 Å². The van der Waals surface area contributed by atoms with Gasteiger partial charge in [-0.05, 0) is 45.0 Å². The van der Waals surface area contributed by atoms with E-state index in [1.807, 2.05) is 0 Å². The van der Waals surface area contributed by atoms with Crippen molar-refractivity contribution in [3.63, 3.8) is 0 Å². The van der Waals surface area contributed by atoms with Crippen molar-refractivity contribution in [2.45, 2.75) is 31.2 Å². The number of halogens is 2. The summed E-state index contributed by atoms with van der Waals surface area (Å²) in [6.45, 7) is 7.07. The summed E-state index contributed by atoms with van der Waals surface area (Å²) in [6.07, 6.45) is 0. The Morgan fingerprint density at radius 3 is 2.35 bits per heavy atom. The molecule has 0 aromatic heterocycles. The van der Waals surface area contributed by atoms with E-state index in [-0.39, 0.29) is 35.3 Å². The average molecular weight is 411 g/mol. The third-order valence-electron chi connectivity index (χ3n) is 2.19. The standard InChI is InChI=1S/C14H22FN3S.HI/c1-14(2,3)18-13(16-4)17-9-10-19-12-7-5-11(15)6-8-12;/h5-8H,9-10H2,1-4H3,(H2,16,17,18);1H. The minimum atomic E-state index is -0.197. The molecule has 0 aliphatic rings. The van der Waals surface area contributed by atoms with Crippen LogP contribution < -0.4 is 10.6 Å². The zero-order chi connectivity index (χ0) is 14.3. The second-order valence-electron chi connectivity index (χ2n) is 5.18. The molecule has 0 saturated heterocycles. The van der Waals surface area contributed by atoms with E-state index < -0.39 is 0 Å². The molecule has 2 N–H and O–H groups in total. The van der Waals surface area contributed by atoms with Crippen molar-refractivity contribution >= 4 is 41.7 Å². The van der Waals surface area contributed by atoms with Crippen molar-refractivity contribution in [3.8, 4) is 0 Å². The summed E-state index contributed by atoms with van der Waals surface area (Å²) in [5.41, 5.74) is -0.00799. The molecule has 0 atom stereocenters. The van der Waals surface area contributed by atoms with Gasteiger partial charge in [-0.15, -0.1) is 35.7 Å². The molecule has 0 fully saturated rings. The summed E-state index contributed by atoms with van der Waals surface area (Å²) in [7, 11) is 1.76. The summed E-state index contributed by atoms with van der Waals surface area (Å²) in [6, 6.07) is 6.55. The zero-order valence-electron chi connectivity index (χ0n) is 12.4. The van der Waals surface area contributed by atoms with E-state index in [9.17, 15) is 4.39 Å². The molecule has 114 valence electrons. The predicted octanol–water partition coefficient (Wildman–Crippen LogP) is 3.50. The van der Waals surface area contributed by atoms with Crippen LogP contribution in [0.2, 0.25) is 0 Å². The Balaban J connectivity index is 0.00000361. The third-order valence-corrected chi connectivity index (χ3v) is 3.21. The summed E-state index contributed by atoms with van der Waals surface area (Å²) in [4.78, 5) is 5.24. The molecule has 0 unspecified atom stereocenters. The summed E-state index contributed by atoms with van der Waals surface area (Å²) >= 11 is 1.69. The first kappa shape index (κ1) is 19.5. The van der Waals surface area contributed by atoms with E-state index in [1.54, 1.807) is 30.9 Å². The van der Waals surface area contributed by atoms with Gasteiger partial charge in [0.15, 0.2) is 5.96 Å². The molecule has 1 aromatic carbocycles. The van der Waals surface area contributed by atoms with E-state index in [0.29, 0.717) is 0 Å². The van der Waals surface area contributed by atoms with E-state index >= 15 is 0 Å². The van der Waals surface area contributed by atoms with Gasteiger partial charge in [0.1, 0.15) is 5.82 Å². The Bertz CT molecular complexity index is 415. The molecule has 0 aliphatic heterocycles. The molecular weight excluding hydrogens is 388 g/mol. The summed E-state index contributed by atoms with van der Waals surface area (Å²) in [5.74, 6) is 1.50. The Kier molecular flexibility index (Phi) is 9.20. The molecule has 0 radical (unpaired) electrons. The quantitative estimate of drug-likeness (QED) is 0.262. The number of thioether (sulfide) groups is 1. The van der Waals surface area contributed by atoms with Crippen LogP contribution in [0.25, 0.3) is 0 Å². The lowest BCUT2D eigenvalue weighted by Gasteiger charge is -2.23. The van der Waals surface area contributed by atoms with Crippen LogP contribution in [-0.4, -0.2) is 30.8 Å². The van der Waals surface area contributed by atoms with Gasteiger partial charge in [0.2, 0.25) is 0 Å². The van der Waals surface area contributed by atoms with Gasteiger partial charge in [-0.1, -0.05) is 0 Å². The minimum absolute atomic E-state index is 0. The van der Waals surface area contributed by atoms with Crippen molar-refractivity contribution < 1.29 is 4.39 Å². The molecular formula is C14H23FIN3S. The predicted molar refractivity (Wildman–Crippen MR) is 96.8 cm³/mol. The van der Waals surface area contributed by atoms with Gasteiger partial charge in [-0.2, -0.15) is 0 Å². The second-order valence-corrected chi connectivity index (χ2v) is 6.34. The molecule has 0 spiro atoms. The van der Waals surface area contributed by atoms with Crippen molar-refractivity contribution in [2.75, 3.05) is 19.3 Å². The van der Waals surface area contributed by atoms with Crippen LogP contribution in [-0.2, 0) is 0 Å². The Morgan fingerprint density at radius 1 is 1.25 bits per heavy atom. The molecule has 0 amide bonds. The maximum Gasteiger partial charge on any atom is 0.191 e. The highest BCUT2D eigenvalue weighted by molar-refractivity contribution is 14.0. The van der Waals surface area contributed by atoms with Crippen molar-refractivity contribution in [1.82, 2.24) is 10.6 Å². The molecule has 3 nitrogen and oxygen atoms in total. The maximum atomic E-state index is 12.7.